The molecule has 0 aliphatic carbocycles. The molecule has 0 saturated carbocycles. The molecule has 1 N–H and O–H groups in total. The van der Waals surface area contributed by atoms with Crippen LogP contribution in [0.4, 0.5) is 5.82 Å². The van der Waals surface area contributed by atoms with Crippen molar-refractivity contribution >= 4 is 41.0 Å². The first-order valence-electron chi connectivity index (χ1n) is 4.87. The lowest BCUT2D eigenvalue weighted by molar-refractivity contribution is 0.689. The number of aryl methyl sites for hydroxylation is 1. The summed E-state index contributed by atoms with van der Waals surface area (Å²) in [5.41, 5.74) is 0.590. The predicted octanol–water partition coefficient (Wildman–Crippen LogP) is 0.648. The molecular formula is C9H8ClN7. The number of nitrogens with one attached hydrogen (secondary N) is 1. The summed E-state index contributed by atoms with van der Waals surface area (Å²) in [6.07, 6.45) is 4.78. The van der Waals surface area contributed by atoms with Gasteiger partial charge >= 0.3 is 0 Å². The molecule has 0 amide bonds. The highest BCUT2D eigenvalue weighted by Gasteiger charge is 2.39. The molecule has 2 aliphatic heterocycles. The molecule has 2 aliphatic rings. The van der Waals surface area contributed by atoms with Gasteiger partial charge in [-0.25, -0.2) is 15.0 Å². The number of aromatic nitrogens is 2. The quantitative estimate of drug-likeness (QED) is 0.781. The van der Waals surface area contributed by atoms with Crippen LogP contribution >= 0.6 is 11.6 Å². The molecule has 3 rings (SSSR count). The molecule has 17 heavy (non-hydrogen) atoms. The van der Waals surface area contributed by atoms with Crippen molar-refractivity contribution in [1.29, 1.82) is 0 Å². The van der Waals surface area contributed by atoms with Crippen molar-refractivity contribution in [3.63, 3.8) is 0 Å². The fraction of sp³-hybridized carbons (Fsp3) is 0.222. The SMILES string of the molecule is Cn1ccc(N[C@]23N=CN=C2C=NC(Cl)=N3)n1. The van der Waals surface area contributed by atoms with Gasteiger partial charge in [0.15, 0.2) is 5.82 Å². The van der Waals surface area contributed by atoms with Gasteiger partial charge in [0.2, 0.25) is 5.29 Å². The number of hydrogen-bond acceptors (Lipinski definition) is 6. The van der Waals surface area contributed by atoms with Gasteiger partial charge in [-0.05, 0) is 11.6 Å². The highest BCUT2D eigenvalue weighted by atomic mass is 35.5. The maximum absolute atomic E-state index is 5.80. The summed E-state index contributed by atoms with van der Waals surface area (Å²) in [6.45, 7) is 0. The van der Waals surface area contributed by atoms with E-state index in [2.05, 4.69) is 30.4 Å². The number of aliphatic imine (C=N–C) groups is 4. The average Bonchev–Trinajstić information content (AvgIpc) is 2.84. The first-order valence-corrected chi connectivity index (χ1v) is 5.25. The van der Waals surface area contributed by atoms with E-state index in [1.807, 2.05) is 19.3 Å². The van der Waals surface area contributed by atoms with Gasteiger partial charge in [0.25, 0.3) is 5.79 Å². The number of nitrogens with zero attached hydrogens (tertiary/aromatic N) is 6. The van der Waals surface area contributed by atoms with E-state index >= 15 is 0 Å². The Kier molecular flexibility index (Phi) is 2.08. The number of anilines is 1. The van der Waals surface area contributed by atoms with Crippen molar-refractivity contribution < 1.29 is 0 Å². The van der Waals surface area contributed by atoms with Crippen LogP contribution in [0.15, 0.2) is 32.2 Å². The Morgan fingerprint density at radius 1 is 1.47 bits per heavy atom. The van der Waals surface area contributed by atoms with Gasteiger partial charge < -0.3 is 5.32 Å². The van der Waals surface area contributed by atoms with E-state index in [1.54, 1.807) is 4.68 Å². The summed E-state index contributed by atoms with van der Waals surface area (Å²) >= 11 is 5.80. The van der Waals surface area contributed by atoms with Crippen LogP contribution < -0.4 is 5.32 Å². The lowest BCUT2D eigenvalue weighted by atomic mass is 10.2. The molecule has 8 heteroatoms. The molecule has 1 aromatic rings. The molecule has 1 atom stereocenters. The molecule has 0 radical (unpaired) electrons. The Morgan fingerprint density at radius 3 is 3.12 bits per heavy atom. The minimum Gasteiger partial charge on any atom is -0.321 e. The highest BCUT2D eigenvalue weighted by molar-refractivity contribution is 6.67. The van der Waals surface area contributed by atoms with E-state index in [0.29, 0.717) is 11.5 Å². The first kappa shape index (κ1) is 10.2. The monoisotopic (exact) mass is 249 g/mol. The Labute approximate surface area is 102 Å². The smallest absolute Gasteiger partial charge is 0.276 e. The van der Waals surface area contributed by atoms with Gasteiger partial charge in [-0.1, -0.05) is 0 Å². The molecule has 0 aromatic carbocycles. The Morgan fingerprint density at radius 2 is 2.35 bits per heavy atom. The van der Waals surface area contributed by atoms with Gasteiger partial charge in [-0.15, -0.1) is 0 Å². The molecule has 0 bridgehead atoms. The van der Waals surface area contributed by atoms with Gasteiger partial charge in [0.05, 0.1) is 6.21 Å². The van der Waals surface area contributed by atoms with E-state index in [0.717, 1.165) is 0 Å². The summed E-state index contributed by atoms with van der Waals surface area (Å²) in [5.74, 6) is -0.379. The Hall–Kier alpha value is -2.02. The van der Waals surface area contributed by atoms with Crippen LogP contribution in [-0.2, 0) is 7.05 Å². The van der Waals surface area contributed by atoms with Crippen LogP contribution in [-0.4, -0.2) is 39.1 Å². The normalized spacial score (nSPS) is 25.5. The maximum Gasteiger partial charge on any atom is 0.276 e. The van der Waals surface area contributed by atoms with Gasteiger partial charge in [-0.3, -0.25) is 4.68 Å². The fourth-order valence-corrected chi connectivity index (χ4v) is 1.77. The second-order valence-corrected chi connectivity index (χ2v) is 3.91. The Balaban J connectivity index is 1.98. The minimum absolute atomic E-state index is 0.131. The summed E-state index contributed by atoms with van der Waals surface area (Å²) < 4.78 is 1.68. The number of fused-ring (bicyclic) bond motifs is 1. The number of hydrogen-bond donors (Lipinski definition) is 1. The lowest BCUT2D eigenvalue weighted by Gasteiger charge is -2.24. The van der Waals surface area contributed by atoms with Crippen LogP contribution in [0.25, 0.3) is 0 Å². The van der Waals surface area contributed by atoms with E-state index < -0.39 is 5.79 Å². The zero-order valence-corrected chi connectivity index (χ0v) is 9.63. The largest absolute Gasteiger partial charge is 0.321 e. The molecule has 1 aromatic heterocycles. The molecule has 0 spiro atoms. The van der Waals surface area contributed by atoms with E-state index in [1.165, 1.54) is 12.6 Å². The van der Waals surface area contributed by atoms with E-state index in [-0.39, 0.29) is 5.29 Å². The number of halogens is 1. The average molecular weight is 250 g/mol. The summed E-state index contributed by atoms with van der Waals surface area (Å²) in [6, 6.07) is 1.81. The topological polar surface area (TPSA) is 79.3 Å². The van der Waals surface area contributed by atoms with Crippen molar-refractivity contribution in [3.05, 3.63) is 12.3 Å². The molecule has 0 fully saturated rings. The minimum atomic E-state index is -1.02. The first-order chi connectivity index (χ1) is 8.18. The van der Waals surface area contributed by atoms with Gasteiger partial charge in [0, 0.05) is 19.3 Å². The molecular weight excluding hydrogens is 242 g/mol. The third-order valence-corrected chi connectivity index (χ3v) is 2.54. The van der Waals surface area contributed by atoms with Crippen LogP contribution in [0.3, 0.4) is 0 Å². The molecule has 3 heterocycles. The number of rotatable bonds is 2. The Bertz CT molecular complexity index is 582. The van der Waals surface area contributed by atoms with Crippen LogP contribution in [0.5, 0.6) is 0 Å². The van der Waals surface area contributed by atoms with E-state index in [9.17, 15) is 0 Å². The third-order valence-electron chi connectivity index (χ3n) is 2.36. The van der Waals surface area contributed by atoms with Crippen LogP contribution in [0.1, 0.15) is 0 Å². The van der Waals surface area contributed by atoms with Crippen molar-refractivity contribution in [3.8, 4) is 0 Å². The second-order valence-electron chi connectivity index (χ2n) is 3.57. The molecule has 0 saturated heterocycles. The van der Waals surface area contributed by atoms with E-state index in [4.69, 9.17) is 11.6 Å². The summed E-state index contributed by atoms with van der Waals surface area (Å²) in [5, 5.41) is 7.42. The van der Waals surface area contributed by atoms with Crippen molar-refractivity contribution in [2.75, 3.05) is 5.32 Å². The number of amidine groups is 1. The van der Waals surface area contributed by atoms with Crippen molar-refractivity contribution in [2.45, 2.75) is 5.79 Å². The molecule has 0 unspecified atom stereocenters. The van der Waals surface area contributed by atoms with Crippen molar-refractivity contribution in [1.82, 2.24) is 9.78 Å². The summed E-state index contributed by atoms with van der Waals surface area (Å²) in [4.78, 5) is 16.3. The fourth-order valence-electron chi connectivity index (χ4n) is 1.60. The van der Waals surface area contributed by atoms with Crippen molar-refractivity contribution in [2.24, 2.45) is 27.0 Å². The van der Waals surface area contributed by atoms with Crippen LogP contribution in [0, 0.1) is 0 Å². The third kappa shape index (κ3) is 1.64. The zero-order chi connectivity index (χ0) is 11.9. The van der Waals surface area contributed by atoms with Gasteiger partial charge in [-0.2, -0.15) is 10.1 Å². The lowest BCUT2D eigenvalue weighted by Crippen LogP contribution is -2.44. The highest BCUT2D eigenvalue weighted by Crippen LogP contribution is 2.24. The predicted molar refractivity (Wildman–Crippen MR) is 67.3 cm³/mol. The maximum atomic E-state index is 5.80. The van der Waals surface area contributed by atoms with Crippen LogP contribution in [0.2, 0.25) is 0 Å². The second kappa shape index (κ2) is 3.49. The molecule has 7 nitrogen and oxygen atoms in total. The standard InChI is InChI=1S/C9H8ClN7/c1-17-3-2-7(16-17)14-9-6(12-5-13-9)4-11-8(10)15-9/h2-5H,1H3,(H,14,16)/t9-/m1/s1. The van der Waals surface area contributed by atoms with Gasteiger partial charge in [0.1, 0.15) is 12.1 Å². The zero-order valence-electron chi connectivity index (χ0n) is 8.87. The molecule has 86 valence electrons. The summed E-state index contributed by atoms with van der Waals surface area (Å²) in [7, 11) is 1.83.